The minimum atomic E-state index is -2.56. The summed E-state index contributed by atoms with van der Waals surface area (Å²) < 4.78 is 26.8. The number of hydrogen-bond acceptors (Lipinski definition) is 5. The largest absolute Gasteiger partial charge is 0.405 e. The van der Waals surface area contributed by atoms with Crippen molar-refractivity contribution in [2.75, 3.05) is 19.0 Å². The molecule has 6 atom stereocenters. The molecule has 0 amide bonds. The van der Waals surface area contributed by atoms with E-state index in [1.54, 1.807) is 0 Å². The fourth-order valence-electron chi connectivity index (χ4n) is 6.72. The van der Waals surface area contributed by atoms with Crippen molar-refractivity contribution in [2.45, 2.75) is 74.4 Å². The Morgan fingerprint density at radius 3 is 2.29 bits per heavy atom. The molecular weight excluding hydrogens is 460 g/mol. The van der Waals surface area contributed by atoms with E-state index in [0.29, 0.717) is 17.8 Å². The van der Waals surface area contributed by atoms with Crippen LogP contribution in [0.1, 0.15) is 40.0 Å². The molecule has 4 fully saturated rings. The zero-order valence-corrected chi connectivity index (χ0v) is 22.3. The van der Waals surface area contributed by atoms with Crippen LogP contribution in [0.5, 0.6) is 0 Å². The molecule has 4 heterocycles. The normalized spacial score (nSPS) is 35.1. The Labute approximate surface area is 208 Å². The maximum atomic E-state index is 7.16. The van der Waals surface area contributed by atoms with Gasteiger partial charge in [-0.15, -0.1) is 0 Å². The van der Waals surface area contributed by atoms with E-state index in [0.717, 1.165) is 31.6 Å². The second-order valence-corrected chi connectivity index (χ2v) is 16.8. The molecule has 2 aromatic carbocycles. The summed E-state index contributed by atoms with van der Waals surface area (Å²) in [6.45, 7) is 8.40. The van der Waals surface area contributed by atoms with Gasteiger partial charge in [0.1, 0.15) is 0 Å². The van der Waals surface area contributed by atoms with Crippen LogP contribution in [0, 0.1) is 5.92 Å². The van der Waals surface area contributed by atoms with Crippen LogP contribution < -0.4 is 10.4 Å². The third-order valence-electron chi connectivity index (χ3n) is 8.26. The van der Waals surface area contributed by atoms with Crippen molar-refractivity contribution in [2.24, 2.45) is 5.92 Å². The SMILES string of the molecule is CC(C)(C)[Si](OC[C@@H]1C[C@H]2O[C@@]34OCC[C@H]3SC[C@@H]4C[C@H]2O1)(c1ccccc1)c1ccccc1. The lowest BCUT2D eigenvalue weighted by atomic mass is 9.86. The third-order valence-corrected chi connectivity index (χ3v) is 14.8. The van der Waals surface area contributed by atoms with Gasteiger partial charge in [-0.1, -0.05) is 81.4 Å². The molecule has 4 aliphatic rings. The van der Waals surface area contributed by atoms with E-state index in [1.165, 1.54) is 10.4 Å². The van der Waals surface area contributed by atoms with Crippen LogP contribution in [-0.2, 0) is 18.6 Å². The summed E-state index contributed by atoms with van der Waals surface area (Å²) >= 11 is 2.04. The third kappa shape index (κ3) is 3.64. The lowest BCUT2D eigenvalue weighted by molar-refractivity contribution is -0.287. The minimum absolute atomic E-state index is 0.0321. The molecule has 4 saturated heterocycles. The maximum Gasteiger partial charge on any atom is 0.261 e. The second-order valence-electron chi connectivity index (χ2n) is 11.3. The van der Waals surface area contributed by atoms with Gasteiger partial charge in [0.15, 0.2) is 5.79 Å². The lowest BCUT2D eigenvalue weighted by Gasteiger charge is -2.43. The van der Waals surface area contributed by atoms with Crippen LogP contribution in [0.4, 0.5) is 0 Å². The number of hydrogen-bond donors (Lipinski definition) is 0. The summed E-state index contributed by atoms with van der Waals surface area (Å²) in [7, 11) is -2.56. The first kappa shape index (κ1) is 23.3. The summed E-state index contributed by atoms with van der Waals surface area (Å²) in [5.41, 5.74) is 0. The first-order valence-corrected chi connectivity index (χ1v) is 15.7. The van der Waals surface area contributed by atoms with Crippen molar-refractivity contribution in [1.29, 1.82) is 0 Å². The minimum Gasteiger partial charge on any atom is -0.405 e. The van der Waals surface area contributed by atoms with Gasteiger partial charge >= 0.3 is 0 Å². The van der Waals surface area contributed by atoms with Gasteiger partial charge < -0.3 is 18.6 Å². The van der Waals surface area contributed by atoms with Crippen LogP contribution in [0.2, 0.25) is 5.04 Å². The number of rotatable bonds is 5. The molecule has 0 aromatic heterocycles. The van der Waals surface area contributed by atoms with E-state index in [2.05, 4.69) is 81.4 Å². The van der Waals surface area contributed by atoms with Crippen LogP contribution >= 0.6 is 11.8 Å². The summed E-state index contributed by atoms with van der Waals surface area (Å²) in [6, 6.07) is 21.7. The Morgan fingerprint density at radius 1 is 0.971 bits per heavy atom. The number of benzene rings is 2. The van der Waals surface area contributed by atoms with Gasteiger partial charge in [0.25, 0.3) is 8.32 Å². The fraction of sp³-hybridized carbons (Fsp3) is 0.571. The highest BCUT2D eigenvalue weighted by Gasteiger charge is 2.62. The molecule has 0 unspecified atom stereocenters. The quantitative estimate of drug-likeness (QED) is 0.575. The molecule has 0 saturated carbocycles. The lowest BCUT2D eigenvalue weighted by Crippen LogP contribution is -2.67. The van der Waals surface area contributed by atoms with E-state index < -0.39 is 8.32 Å². The first-order chi connectivity index (χ1) is 16.4. The monoisotopic (exact) mass is 496 g/mol. The highest BCUT2D eigenvalue weighted by molar-refractivity contribution is 8.00. The van der Waals surface area contributed by atoms with E-state index in [1.807, 2.05) is 11.8 Å². The molecule has 6 rings (SSSR count). The summed E-state index contributed by atoms with van der Waals surface area (Å²) in [4.78, 5) is 0. The van der Waals surface area contributed by atoms with Crippen molar-refractivity contribution in [3.8, 4) is 0 Å². The van der Waals surface area contributed by atoms with Crippen LogP contribution in [0.15, 0.2) is 60.7 Å². The number of fused-ring (bicyclic) bond motifs is 1. The molecule has 4 aliphatic heterocycles. The Hall–Kier alpha value is -1.15. The summed E-state index contributed by atoms with van der Waals surface area (Å²) in [6.07, 6.45) is 3.37. The molecule has 1 spiro atoms. The molecule has 0 N–H and O–H groups in total. The average molecular weight is 497 g/mol. The molecular formula is C28H36O4SSi. The van der Waals surface area contributed by atoms with Crippen molar-refractivity contribution in [3.05, 3.63) is 60.7 Å². The van der Waals surface area contributed by atoms with Gasteiger partial charge in [0.05, 0.1) is 36.8 Å². The van der Waals surface area contributed by atoms with E-state index in [-0.39, 0.29) is 29.1 Å². The zero-order valence-electron chi connectivity index (χ0n) is 20.4. The molecule has 34 heavy (non-hydrogen) atoms. The van der Waals surface area contributed by atoms with Gasteiger partial charge in [-0.2, -0.15) is 11.8 Å². The highest BCUT2D eigenvalue weighted by Crippen LogP contribution is 2.55. The molecule has 2 aromatic rings. The van der Waals surface area contributed by atoms with Crippen molar-refractivity contribution < 1.29 is 18.6 Å². The highest BCUT2D eigenvalue weighted by atomic mass is 32.2. The molecule has 0 bridgehead atoms. The van der Waals surface area contributed by atoms with Gasteiger partial charge in [-0.25, -0.2) is 0 Å². The molecule has 0 radical (unpaired) electrons. The molecule has 182 valence electrons. The first-order valence-electron chi connectivity index (χ1n) is 12.8. The summed E-state index contributed by atoms with van der Waals surface area (Å²) in [5, 5.41) is 3.09. The predicted molar refractivity (Wildman–Crippen MR) is 139 cm³/mol. The number of thioether (sulfide) groups is 1. The Kier molecular flexibility index (Phi) is 5.99. The predicted octanol–water partition coefficient (Wildman–Crippen LogP) is 4.36. The van der Waals surface area contributed by atoms with Gasteiger partial charge in [-0.3, -0.25) is 0 Å². The maximum absolute atomic E-state index is 7.16. The second kappa shape index (κ2) is 8.75. The standard InChI is InChI=1S/C28H36O4SSi/c1-27(2,3)34(22-10-6-4-7-11-22,23-12-8-5-9-13-23)30-18-21-17-25-24(31-21)16-20-19-33-26-14-15-29-28(20,26)32-25/h4-13,20-21,24-26H,14-19H2,1-3H3/t20-,21-,24+,25+,26+,28+/m0/s1. The zero-order chi connectivity index (χ0) is 23.4. The molecule has 6 heteroatoms. The van der Waals surface area contributed by atoms with Crippen LogP contribution in [0.3, 0.4) is 0 Å². The summed E-state index contributed by atoms with van der Waals surface area (Å²) in [5.74, 6) is 1.21. The average Bonchev–Trinajstić information content (AvgIpc) is 3.50. The smallest absolute Gasteiger partial charge is 0.261 e. The molecule has 4 nitrogen and oxygen atoms in total. The van der Waals surface area contributed by atoms with Crippen molar-refractivity contribution in [1.82, 2.24) is 0 Å². The van der Waals surface area contributed by atoms with Gasteiger partial charge in [0, 0.05) is 18.1 Å². The van der Waals surface area contributed by atoms with Crippen LogP contribution in [-0.4, -0.2) is 56.6 Å². The fourth-order valence-corrected chi connectivity index (χ4v) is 13.0. The Bertz CT molecular complexity index is 957. The van der Waals surface area contributed by atoms with E-state index in [9.17, 15) is 0 Å². The number of ether oxygens (including phenoxy) is 3. The van der Waals surface area contributed by atoms with Crippen LogP contribution in [0.25, 0.3) is 0 Å². The topological polar surface area (TPSA) is 36.9 Å². The van der Waals surface area contributed by atoms with Gasteiger partial charge in [-0.05, 0) is 28.3 Å². The van der Waals surface area contributed by atoms with E-state index in [4.69, 9.17) is 18.6 Å². The van der Waals surface area contributed by atoms with Gasteiger partial charge in [0.2, 0.25) is 0 Å². The molecule has 0 aliphatic carbocycles. The van der Waals surface area contributed by atoms with Crippen molar-refractivity contribution in [3.63, 3.8) is 0 Å². The van der Waals surface area contributed by atoms with E-state index >= 15 is 0 Å². The Balaban J connectivity index is 1.25. The van der Waals surface area contributed by atoms with Crippen molar-refractivity contribution >= 4 is 30.5 Å². The Morgan fingerprint density at radius 2 is 1.65 bits per heavy atom.